The van der Waals surface area contributed by atoms with Gasteiger partial charge in [0, 0.05) is 5.54 Å². The topological polar surface area (TPSA) is 0 Å². The average molecular weight is 389 g/mol. The Balaban J connectivity index is 1.97. The molecule has 0 fully saturated rings. The van der Waals surface area contributed by atoms with Gasteiger partial charge in [0.2, 0.25) is 7.38 Å². The molecule has 0 saturated carbocycles. The largest absolute Gasteiger partial charge is 0.228 e. The van der Waals surface area contributed by atoms with Crippen molar-refractivity contribution in [1.29, 1.82) is 0 Å². The molecule has 1 atom stereocenters. The summed E-state index contributed by atoms with van der Waals surface area (Å²) in [5.74, 6) is 0.502. The van der Waals surface area contributed by atoms with Gasteiger partial charge in [-0.05, 0) is 39.9 Å². The molecule has 3 aromatic rings. The van der Waals surface area contributed by atoms with E-state index in [0.29, 0.717) is 5.92 Å². The molecular formula is C25H25ClSi. The maximum atomic E-state index is 7.75. The number of allylic oxidation sites excluding steroid dienone is 1. The molecule has 4 rings (SSSR count). The lowest BCUT2D eigenvalue weighted by molar-refractivity contribution is 0.861. The van der Waals surface area contributed by atoms with Gasteiger partial charge in [-0.15, -0.1) is 0 Å². The first-order valence-electron chi connectivity index (χ1n) is 9.64. The highest BCUT2D eigenvalue weighted by molar-refractivity contribution is 7.35. The Morgan fingerprint density at radius 2 is 1.33 bits per heavy atom. The van der Waals surface area contributed by atoms with Gasteiger partial charge in [-0.2, -0.15) is 11.1 Å². The fourth-order valence-corrected chi connectivity index (χ4v) is 9.84. The quantitative estimate of drug-likeness (QED) is 0.388. The van der Waals surface area contributed by atoms with Crippen molar-refractivity contribution in [3.05, 3.63) is 101 Å². The van der Waals surface area contributed by atoms with Crippen LogP contribution in [0.1, 0.15) is 48.9 Å². The molecule has 3 aromatic carbocycles. The summed E-state index contributed by atoms with van der Waals surface area (Å²) in [4.78, 5) is 0. The van der Waals surface area contributed by atoms with E-state index in [-0.39, 0.29) is 5.54 Å². The number of hydrogen-bond acceptors (Lipinski definition) is 0. The lowest BCUT2D eigenvalue weighted by Crippen LogP contribution is -2.58. The van der Waals surface area contributed by atoms with Gasteiger partial charge in [0.1, 0.15) is 0 Å². The Morgan fingerprint density at radius 1 is 0.778 bits per heavy atom. The molecule has 0 aliphatic heterocycles. The van der Waals surface area contributed by atoms with Crippen molar-refractivity contribution < 1.29 is 0 Å². The summed E-state index contributed by atoms with van der Waals surface area (Å²) >= 11 is 7.75. The van der Waals surface area contributed by atoms with Gasteiger partial charge < -0.3 is 0 Å². The van der Waals surface area contributed by atoms with Crippen LogP contribution in [0.15, 0.2) is 84.4 Å². The third-order valence-corrected chi connectivity index (χ3v) is 11.6. The van der Waals surface area contributed by atoms with Crippen LogP contribution in [-0.4, -0.2) is 7.38 Å². The molecule has 0 amide bonds. The number of rotatable bonds is 4. The average Bonchev–Trinajstić information content (AvgIpc) is 3.04. The summed E-state index contributed by atoms with van der Waals surface area (Å²) in [6.45, 7) is 6.79. The van der Waals surface area contributed by atoms with Crippen molar-refractivity contribution in [2.75, 3.05) is 0 Å². The van der Waals surface area contributed by atoms with E-state index in [0.717, 1.165) is 0 Å². The summed E-state index contributed by atoms with van der Waals surface area (Å²) in [5.41, 5.74) is 5.83. The molecule has 1 unspecified atom stereocenters. The minimum atomic E-state index is -2.54. The van der Waals surface area contributed by atoms with Gasteiger partial charge in [0.25, 0.3) is 0 Å². The third-order valence-electron chi connectivity index (χ3n) is 5.72. The van der Waals surface area contributed by atoms with Crippen LogP contribution in [-0.2, 0) is 0 Å². The third kappa shape index (κ3) is 2.99. The van der Waals surface area contributed by atoms with E-state index in [2.05, 4.69) is 106 Å². The monoisotopic (exact) mass is 388 g/mol. The van der Waals surface area contributed by atoms with Gasteiger partial charge in [0.15, 0.2) is 0 Å². The van der Waals surface area contributed by atoms with Gasteiger partial charge >= 0.3 is 0 Å². The van der Waals surface area contributed by atoms with Crippen molar-refractivity contribution in [2.24, 2.45) is 0 Å². The number of fused-ring (bicyclic) bond motifs is 1. The zero-order chi connectivity index (χ0) is 19.0. The highest BCUT2D eigenvalue weighted by Crippen LogP contribution is 2.45. The van der Waals surface area contributed by atoms with Crippen molar-refractivity contribution in [1.82, 2.24) is 0 Å². The summed E-state index contributed by atoms with van der Waals surface area (Å²) < 4.78 is 0. The zero-order valence-electron chi connectivity index (χ0n) is 16.1. The molecule has 0 aromatic heterocycles. The van der Waals surface area contributed by atoms with E-state index in [1.165, 1.54) is 32.6 Å². The Hall–Kier alpha value is -2.09. The SMILES string of the molecule is CC1=Cc2c(C(C)C)cccc2C1[Si](Cl)(c1ccccc1)c1ccccc1. The second kappa shape index (κ2) is 7.14. The van der Waals surface area contributed by atoms with Crippen molar-refractivity contribution >= 4 is 34.9 Å². The fourth-order valence-electron chi connectivity index (χ4n) is 4.47. The van der Waals surface area contributed by atoms with Gasteiger partial charge in [-0.1, -0.05) is 104 Å². The van der Waals surface area contributed by atoms with Crippen molar-refractivity contribution in [3.8, 4) is 0 Å². The van der Waals surface area contributed by atoms with Crippen LogP contribution in [0.5, 0.6) is 0 Å². The Kier molecular flexibility index (Phi) is 4.84. The summed E-state index contributed by atoms with van der Waals surface area (Å²) in [6.07, 6.45) is 2.38. The van der Waals surface area contributed by atoms with E-state index in [9.17, 15) is 0 Å². The molecule has 0 heterocycles. The molecule has 0 spiro atoms. The standard InChI is InChI=1S/C25H25ClSi/c1-18(2)22-15-10-16-23-24(22)17-19(3)25(23)27(26,20-11-6-4-7-12-20)21-13-8-5-9-14-21/h4-18,25H,1-3H3. The van der Waals surface area contributed by atoms with E-state index < -0.39 is 7.38 Å². The molecule has 2 heteroatoms. The first kappa shape index (κ1) is 18.3. The fraction of sp³-hybridized carbons (Fsp3) is 0.200. The Labute approximate surface area is 168 Å². The predicted octanol–water partition coefficient (Wildman–Crippen LogP) is 5.85. The van der Waals surface area contributed by atoms with Crippen molar-refractivity contribution in [3.63, 3.8) is 0 Å². The predicted molar refractivity (Wildman–Crippen MR) is 121 cm³/mol. The first-order valence-corrected chi connectivity index (χ1v) is 12.7. The molecule has 1 aliphatic carbocycles. The maximum Gasteiger partial charge on any atom is 0.228 e. The van der Waals surface area contributed by atoms with Crippen LogP contribution in [0.25, 0.3) is 6.08 Å². The highest BCUT2D eigenvalue weighted by Gasteiger charge is 2.47. The van der Waals surface area contributed by atoms with Crippen LogP contribution in [0.4, 0.5) is 0 Å². The van der Waals surface area contributed by atoms with Gasteiger partial charge in [0.05, 0.1) is 0 Å². The second-order valence-electron chi connectivity index (χ2n) is 7.77. The lowest BCUT2D eigenvalue weighted by Gasteiger charge is -2.34. The van der Waals surface area contributed by atoms with Crippen LogP contribution < -0.4 is 10.4 Å². The molecular weight excluding hydrogens is 364 g/mol. The lowest BCUT2D eigenvalue weighted by atomic mass is 9.95. The molecule has 27 heavy (non-hydrogen) atoms. The van der Waals surface area contributed by atoms with Crippen LogP contribution in [0.2, 0.25) is 0 Å². The molecule has 0 bridgehead atoms. The molecule has 0 saturated heterocycles. The van der Waals surface area contributed by atoms with Crippen LogP contribution in [0, 0.1) is 0 Å². The summed E-state index contributed by atoms with van der Waals surface area (Å²) in [6, 6.07) is 28.2. The van der Waals surface area contributed by atoms with Crippen LogP contribution in [0.3, 0.4) is 0 Å². The molecule has 0 radical (unpaired) electrons. The summed E-state index contributed by atoms with van der Waals surface area (Å²) in [5, 5.41) is 2.55. The molecule has 136 valence electrons. The van der Waals surface area contributed by atoms with Crippen LogP contribution >= 0.6 is 11.1 Å². The zero-order valence-corrected chi connectivity index (χ0v) is 17.9. The van der Waals surface area contributed by atoms with Gasteiger partial charge in [-0.25, -0.2) is 0 Å². The smallest absolute Gasteiger partial charge is 0.154 e. The number of hydrogen-bond donors (Lipinski definition) is 0. The first-order chi connectivity index (χ1) is 13.0. The highest BCUT2D eigenvalue weighted by atomic mass is 35.6. The van der Waals surface area contributed by atoms with Gasteiger partial charge in [-0.3, -0.25) is 0 Å². The van der Waals surface area contributed by atoms with E-state index in [1.807, 2.05) is 0 Å². The number of halogens is 1. The summed E-state index contributed by atoms with van der Waals surface area (Å²) in [7, 11) is -2.54. The molecule has 0 N–H and O–H groups in total. The van der Waals surface area contributed by atoms with E-state index in [4.69, 9.17) is 11.1 Å². The Bertz CT molecular complexity index is 934. The minimum Gasteiger partial charge on any atom is -0.154 e. The maximum absolute atomic E-state index is 7.75. The second-order valence-corrected chi connectivity index (χ2v) is 12.7. The van der Waals surface area contributed by atoms with Crippen molar-refractivity contribution in [2.45, 2.75) is 32.2 Å². The minimum absolute atomic E-state index is 0.248. The normalized spacial score (nSPS) is 16.3. The molecule has 1 aliphatic rings. The van der Waals surface area contributed by atoms with E-state index in [1.54, 1.807) is 0 Å². The van der Waals surface area contributed by atoms with E-state index >= 15 is 0 Å². The number of benzene rings is 3. The molecule has 0 nitrogen and oxygen atoms in total. The Morgan fingerprint density at radius 3 is 1.85 bits per heavy atom.